The van der Waals surface area contributed by atoms with Crippen LogP contribution in [0.25, 0.3) is 0 Å². The molecule has 2 heterocycles. The van der Waals surface area contributed by atoms with Crippen LogP contribution < -0.4 is 5.32 Å². The van der Waals surface area contributed by atoms with E-state index in [-0.39, 0.29) is 11.6 Å². The lowest BCUT2D eigenvalue weighted by atomic mass is 9.97. The first kappa shape index (κ1) is 15.9. The van der Waals surface area contributed by atoms with Gasteiger partial charge >= 0.3 is 0 Å². The fourth-order valence-corrected chi connectivity index (χ4v) is 4.45. The van der Waals surface area contributed by atoms with Crippen molar-refractivity contribution in [3.05, 3.63) is 0 Å². The van der Waals surface area contributed by atoms with Gasteiger partial charge in [-0.3, -0.25) is 4.99 Å². The predicted octanol–water partition coefficient (Wildman–Crippen LogP) is 0.456. The van der Waals surface area contributed by atoms with E-state index in [0.29, 0.717) is 0 Å². The average molecular weight is 300 g/mol. The summed E-state index contributed by atoms with van der Waals surface area (Å²) in [4.78, 5) is 9.03. The van der Waals surface area contributed by atoms with Gasteiger partial charge in [0, 0.05) is 38.0 Å². The van der Waals surface area contributed by atoms with Gasteiger partial charge in [0.1, 0.15) is 0 Å². The maximum atomic E-state index is 9.60. The highest BCUT2D eigenvalue weighted by molar-refractivity contribution is 7.99. The zero-order valence-corrected chi connectivity index (χ0v) is 13.7. The molecule has 116 valence electrons. The van der Waals surface area contributed by atoms with Crippen LogP contribution in [0.3, 0.4) is 0 Å². The van der Waals surface area contributed by atoms with Gasteiger partial charge < -0.3 is 20.2 Å². The van der Waals surface area contributed by atoms with Crippen LogP contribution in [0.4, 0.5) is 0 Å². The van der Waals surface area contributed by atoms with Crippen LogP contribution in [0.15, 0.2) is 4.99 Å². The standard InChI is InChI=1S/C14H28N4OS/c1-15-13(18-7-4-12(19)5-8-18)16-10-14(17(2)3)6-9-20-11-14/h12,19H,4-11H2,1-3H3,(H,15,16). The lowest BCUT2D eigenvalue weighted by molar-refractivity contribution is 0.107. The summed E-state index contributed by atoms with van der Waals surface area (Å²) in [6.45, 7) is 2.73. The molecule has 0 amide bonds. The number of likely N-dealkylation sites (tertiary alicyclic amines) is 1. The lowest BCUT2D eigenvalue weighted by Gasteiger charge is -2.38. The molecular weight excluding hydrogens is 272 g/mol. The summed E-state index contributed by atoms with van der Waals surface area (Å²) >= 11 is 2.04. The predicted molar refractivity (Wildman–Crippen MR) is 86.5 cm³/mol. The Hall–Kier alpha value is -0.460. The quantitative estimate of drug-likeness (QED) is 0.586. The molecule has 2 saturated heterocycles. The van der Waals surface area contributed by atoms with Crippen LogP contribution in [0.5, 0.6) is 0 Å². The first-order valence-electron chi connectivity index (χ1n) is 7.46. The van der Waals surface area contributed by atoms with E-state index < -0.39 is 0 Å². The first-order valence-corrected chi connectivity index (χ1v) is 8.62. The van der Waals surface area contributed by atoms with Crippen molar-refractivity contribution in [3.8, 4) is 0 Å². The second-order valence-electron chi connectivity index (χ2n) is 6.04. The third kappa shape index (κ3) is 3.59. The maximum Gasteiger partial charge on any atom is 0.193 e. The van der Waals surface area contributed by atoms with Gasteiger partial charge in [0.25, 0.3) is 0 Å². The van der Waals surface area contributed by atoms with E-state index in [1.54, 1.807) is 0 Å². The molecule has 20 heavy (non-hydrogen) atoms. The molecule has 0 bridgehead atoms. The molecule has 1 atom stereocenters. The highest BCUT2D eigenvalue weighted by Crippen LogP contribution is 2.31. The molecule has 2 rings (SSSR count). The molecule has 2 aliphatic rings. The molecule has 0 aliphatic carbocycles. The number of likely N-dealkylation sites (N-methyl/N-ethyl adjacent to an activating group) is 1. The number of piperidine rings is 1. The summed E-state index contributed by atoms with van der Waals surface area (Å²) in [6.07, 6.45) is 2.78. The number of thioether (sulfide) groups is 1. The number of aliphatic imine (C=N–C) groups is 1. The zero-order chi connectivity index (χ0) is 14.6. The van der Waals surface area contributed by atoms with E-state index in [1.807, 2.05) is 18.8 Å². The Morgan fingerprint density at radius 2 is 2.15 bits per heavy atom. The smallest absolute Gasteiger partial charge is 0.193 e. The number of aliphatic hydroxyl groups excluding tert-OH is 1. The average Bonchev–Trinajstić information content (AvgIpc) is 2.91. The van der Waals surface area contributed by atoms with Crippen LogP contribution in [0.2, 0.25) is 0 Å². The summed E-state index contributed by atoms with van der Waals surface area (Å²) < 4.78 is 0. The minimum atomic E-state index is -0.135. The molecule has 1 unspecified atom stereocenters. The Balaban J connectivity index is 1.90. The van der Waals surface area contributed by atoms with Crippen LogP contribution in [-0.4, -0.2) is 84.8 Å². The molecule has 0 aromatic rings. The maximum absolute atomic E-state index is 9.60. The van der Waals surface area contributed by atoms with Gasteiger partial charge in [0.15, 0.2) is 5.96 Å². The molecule has 0 spiro atoms. The van der Waals surface area contributed by atoms with E-state index in [4.69, 9.17) is 0 Å². The van der Waals surface area contributed by atoms with E-state index >= 15 is 0 Å². The number of nitrogens with one attached hydrogen (secondary N) is 1. The summed E-state index contributed by atoms with van der Waals surface area (Å²) in [5, 5.41) is 13.2. The number of aliphatic hydroxyl groups is 1. The van der Waals surface area contributed by atoms with Crippen molar-refractivity contribution in [1.29, 1.82) is 0 Å². The summed E-state index contributed by atoms with van der Waals surface area (Å²) in [6, 6.07) is 0. The fraction of sp³-hybridized carbons (Fsp3) is 0.929. The van der Waals surface area contributed by atoms with Gasteiger partial charge in [-0.2, -0.15) is 11.8 Å². The lowest BCUT2D eigenvalue weighted by Crippen LogP contribution is -2.56. The molecule has 2 aliphatic heterocycles. The molecule has 2 fully saturated rings. The monoisotopic (exact) mass is 300 g/mol. The van der Waals surface area contributed by atoms with E-state index in [0.717, 1.165) is 38.4 Å². The molecular formula is C14H28N4OS. The number of hydrogen-bond donors (Lipinski definition) is 2. The van der Waals surface area contributed by atoms with Gasteiger partial charge in [-0.25, -0.2) is 0 Å². The first-order chi connectivity index (χ1) is 9.57. The number of nitrogens with zero attached hydrogens (tertiary/aromatic N) is 3. The molecule has 6 heteroatoms. The molecule has 5 nitrogen and oxygen atoms in total. The molecule has 0 aromatic carbocycles. The third-order valence-electron chi connectivity index (χ3n) is 4.58. The van der Waals surface area contributed by atoms with Crippen molar-refractivity contribution in [1.82, 2.24) is 15.1 Å². The van der Waals surface area contributed by atoms with Gasteiger partial charge in [0.05, 0.1) is 6.10 Å². The van der Waals surface area contributed by atoms with Crippen molar-refractivity contribution < 1.29 is 5.11 Å². The molecule has 0 saturated carbocycles. The SMILES string of the molecule is CN=C(NCC1(N(C)C)CCSC1)N1CCC(O)CC1. The van der Waals surface area contributed by atoms with Crippen molar-refractivity contribution in [2.45, 2.75) is 30.9 Å². The Kier molecular flexibility index (Phi) is 5.57. The van der Waals surface area contributed by atoms with Crippen LogP contribution in [-0.2, 0) is 0 Å². The van der Waals surface area contributed by atoms with Crippen molar-refractivity contribution >= 4 is 17.7 Å². The Morgan fingerprint density at radius 1 is 1.45 bits per heavy atom. The minimum Gasteiger partial charge on any atom is -0.393 e. The molecule has 2 N–H and O–H groups in total. The van der Waals surface area contributed by atoms with E-state index in [1.165, 1.54) is 17.9 Å². The third-order valence-corrected chi connectivity index (χ3v) is 5.82. The van der Waals surface area contributed by atoms with Crippen LogP contribution in [0.1, 0.15) is 19.3 Å². The van der Waals surface area contributed by atoms with Gasteiger partial charge in [0.2, 0.25) is 0 Å². The molecule has 0 radical (unpaired) electrons. The molecule has 0 aromatic heterocycles. The Bertz CT molecular complexity index is 334. The van der Waals surface area contributed by atoms with E-state index in [9.17, 15) is 5.11 Å². The second-order valence-corrected chi connectivity index (χ2v) is 7.15. The van der Waals surface area contributed by atoms with Gasteiger partial charge in [-0.15, -0.1) is 0 Å². The van der Waals surface area contributed by atoms with E-state index in [2.05, 4.69) is 34.2 Å². The van der Waals surface area contributed by atoms with Gasteiger partial charge in [-0.1, -0.05) is 0 Å². The normalized spacial score (nSPS) is 29.2. The zero-order valence-electron chi connectivity index (χ0n) is 12.9. The second kappa shape index (κ2) is 7.00. The van der Waals surface area contributed by atoms with Crippen molar-refractivity contribution in [3.63, 3.8) is 0 Å². The van der Waals surface area contributed by atoms with Crippen LogP contribution >= 0.6 is 11.8 Å². The van der Waals surface area contributed by atoms with Gasteiger partial charge in [-0.05, 0) is 39.1 Å². The summed E-state index contributed by atoms with van der Waals surface area (Å²) in [5.74, 6) is 3.41. The Morgan fingerprint density at radius 3 is 2.65 bits per heavy atom. The van der Waals surface area contributed by atoms with Crippen molar-refractivity contribution in [2.75, 3.05) is 52.3 Å². The van der Waals surface area contributed by atoms with Crippen molar-refractivity contribution in [2.24, 2.45) is 4.99 Å². The Labute approximate surface area is 126 Å². The summed E-state index contributed by atoms with van der Waals surface area (Å²) in [5.41, 5.74) is 0.246. The van der Waals surface area contributed by atoms with Crippen LogP contribution in [0, 0.1) is 0 Å². The number of guanidine groups is 1. The highest BCUT2D eigenvalue weighted by Gasteiger charge is 2.37. The summed E-state index contributed by atoms with van der Waals surface area (Å²) in [7, 11) is 6.19. The fourth-order valence-electron chi connectivity index (χ4n) is 2.90. The topological polar surface area (TPSA) is 51.1 Å². The number of hydrogen-bond acceptors (Lipinski definition) is 4. The highest BCUT2D eigenvalue weighted by atomic mass is 32.2. The largest absolute Gasteiger partial charge is 0.393 e. The minimum absolute atomic E-state index is 0.135. The number of rotatable bonds is 3.